The zero-order chi connectivity index (χ0) is 16.8. The van der Waals surface area contributed by atoms with E-state index in [4.69, 9.17) is 0 Å². The third-order valence-corrected chi connectivity index (χ3v) is 4.19. The van der Waals surface area contributed by atoms with E-state index in [9.17, 15) is 23.3 Å². The molecule has 22 heavy (non-hydrogen) atoms. The number of hydrogen-bond acceptors (Lipinski definition) is 5. The van der Waals surface area contributed by atoms with Crippen LogP contribution in [0.5, 0.6) is 0 Å². The predicted octanol–water partition coefficient (Wildman–Crippen LogP) is 0.501. The van der Waals surface area contributed by atoms with E-state index in [2.05, 4.69) is 15.4 Å². The van der Waals surface area contributed by atoms with Gasteiger partial charge in [-0.2, -0.15) is 0 Å². The number of sulfonamides is 1. The van der Waals surface area contributed by atoms with E-state index in [1.54, 1.807) is 6.92 Å². The Morgan fingerprint density at radius 1 is 1.27 bits per heavy atom. The van der Waals surface area contributed by atoms with E-state index in [0.717, 1.165) is 6.07 Å². The van der Waals surface area contributed by atoms with Crippen LogP contribution in [0.15, 0.2) is 23.1 Å². The van der Waals surface area contributed by atoms with E-state index < -0.39 is 21.0 Å². The van der Waals surface area contributed by atoms with Crippen LogP contribution in [0.3, 0.4) is 0 Å². The topological polar surface area (TPSA) is 130 Å². The van der Waals surface area contributed by atoms with Gasteiger partial charge in [0.15, 0.2) is 0 Å². The summed E-state index contributed by atoms with van der Waals surface area (Å²) in [6.45, 7) is 3.82. The van der Waals surface area contributed by atoms with Gasteiger partial charge in [-0.05, 0) is 19.9 Å². The fourth-order valence-electron chi connectivity index (χ4n) is 1.62. The molecule has 3 N–H and O–H groups in total. The highest BCUT2D eigenvalue weighted by Gasteiger charge is 2.19. The second kappa shape index (κ2) is 7.71. The minimum atomic E-state index is -3.87. The maximum absolute atomic E-state index is 12.0. The molecule has 1 aromatic carbocycles. The Morgan fingerprint density at radius 2 is 1.95 bits per heavy atom. The largest absolute Gasteiger partial charge is 0.338 e. The fourth-order valence-corrected chi connectivity index (χ4v) is 2.67. The first-order valence-electron chi connectivity index (χ1n) is 6.54. The van der Waals surface area contributed by atoms with E-state index in [-0.39, 0.29) is 23.7 Å². The summed E-state index contributed by atoms with van der Waals surface area (Å²) in [5.74, 6) is 0. The van der Waals surface area contributed by atoms with Crippen LogP contribution >= 0.6 is 0 Å². The molecule has 10 heteroatoms. The van der Waals surface area contributed by atoms with E-state index in [0.29, 0.717) is 12.1 Å². The number of benzene rings is 1. The third-order valence-electron chi connectivity index (χ3n) is 2.73. The summed E-state index contributed by atoms with van der Waals surface area (Å²) in [5, 5.41) is 15.8. The first kappa shape index (κ1) is 17.9. The second-order valence-corrected chi connectivity index (χ2v) is 6.16. The molecule has 0 bridgehead atoms. The molecule has 1 rings (SSSR count). The highest BCUT2D eigenvalue weighted by Crippen LogP contribution is 2.21. The molecule has 0 aliphatic carbocycles. The number of carbonyl (C=O) groups excluding carboxylic acids is 1. The number of aryl methyl sites for hydroxylation is 1. The first-order valence-corrected chi connectivity index (χ1v) is 8.02. The molecule has 0 saturated carbocycles. The van der Waals surface area contributed by atoms with Crippen molar-refractivity contribution in [1.82, 2.24) is 15.4 Å². The van der Waals surface area contributed by atoms with Crippen molar-refractivity contribution in [2.75, 3.05) is 19.6 Å². The van der Waals surface area contributed by atoms with Gasteiger partial charge in [0, 0.05) is 31.3 Å². The lowest BCUT2D eigenvalue weighted by Crippen LogP contribution is -2.40. The van der Waals surface area contributed by atoms with Gasteiger partial charge in [0.1, 0.15) is 0 Å². The molecule has 0 unspecified atom stereocenters. The lowest BCUT2D eigenvalue weighted by atomic mass is 10.2. The molecule has 1 aromatic rings. The molecule has 0 radical (unpaired) electrons. The monoisotopic (exact) mass is 330 g/mol. The molecule has 2 amide bonds. The second-order valence-electron chi connectivity index (χ2n) is 4.39. The Morgan fingerprint density at radius 3 is 2.55 bits per heavy atom. The number of nitro benzene ring substituents is 1. The minimum Gasteiger partial charge on any atom is -0.338 e. The molecule has 0 fully saturated rings. The number of amides is 2. The average Bonchev–Trinajstić information content (AvgIpc) is 2.44. The molecule has 0 atom stereocenters. The van der Waals surface area contributed by atoms with Gasteiger partial charge in [-0.3, -0.25) is 10.1 Å². The van der Waals surface area contributed by atoms with Crippen LogP contribution in [-0.2, 0) is 10.0 Å². The summed E-state index contributed by atoms with van der Waals surface area (Å²) in [6.07, 6.45) is 0. The van der Waals surface area contributed by atoms with Gasteiger partial charge in [0.05, 0.1) is 9.82 Å². The standard InChI is InChI=1S/C12H18N4O5S/c1-3-13-12(17)14-6-7-15-22(20,21)10-5-4-9(2)11(8-10)16(18)19/h4-5,8,15H,3,6-7H2,1-2H3,(H2,13,14,17). The zero-order valence-corrected chi connectivity index (χ0v) is 13.1. The Kier molecular flexibility index (Phi) is 6.25. The van der Waals surface area contributed by atoms with E-state index in [1.165, 1.54) is 19.1 Å². The molecule has 0 heterocycles. The molecule has 0 spiro atoms. The van der Waals surface area contributed by atoms with E-state index >= 15 is 0 Å². The van der Waals surface area contributed by atoms with Crippen LogP contribution in [0.25, 0.3) is 0 Å². The normalized spacial score (nSPS) is 11.0. The first-order chi connectivity index (χ1) is 10.3. The van der Waals surface area contributed by atoms with Crippen LogP contribution < -0.4 is 15.4 Å². The summed E-state index contributed by atoms with van der Waals surface area (Å²) in [4.78, 5) is 21.1. The van der Waals surface area contributed by atoms with E-state index in [1.807, 2.05) is 0 Å². The van der Waals surface area contributed by atoms with Gasteiger partial charge < -0.3 is 10.6 Å². The number of nitrogens with one attached hydrogen (secondary N) is 3. The van der Waals surface area contributed by atoms with Crippen LogP contribution in [-0.4, -0.2) is 39.0 Å². The highest BCUT2D eigenvalue weighted by molar-refractivity contribution is 7.89. The lowest BCUT2D eigenvalue weighted by molar-refractivity contribution is -0.385. The minimum absolute atomic E-state index is 0.0266. The summed E-state index contributed by atoms with van der Waals surface area (Å²) in [6, 6.07) is 3.28. The smallest absolute Gasteiger partial charge is 0.314 e. The van der Waals surface area contributed by atoms with Crippen LogP contribution in [0.1, 0.15) is 12.5 Å². The Balaban J connectivity index is 2.69. The summed E-state index contributed by atoms with van der Waals surface area (Å²) >= 11 is 0. The Bertz CT molecular complexity index is 659. The van der Waals surface area contributed by atoms with Crippen molar-refractivity contribution in [2.45, 2.75) is 18.7 Å². The summed E-state index contributed by atoms with van der Waals surface area (Å²) in [5.41, 5.74) is 0.116. The highest BCUT2D eigenvalue weighted by atomic mass is 32.2. The van der Waals surface area contributed by atoms with Crippen LogP contribution in [0.4, 0.5) is 10.5 Å². The Labute approximate surface area is 128 Å². The maximum Gasteiger partial charge on any atom is 0.314 e. The van der Waals surface area contributed by atoms with Gasteiger partial charge in [-0.1, -0.05) is 6.07 Å². The number of nitrogens with zero attached hydrogens (tertiary/aromatic N) is 1. The number of rotatable bonds is 7. The van der Waals surface area contributed by atoms with Crippen molar-refractivity contribution < 1.29 is 18.1 Å². The van der Waals surface area contributed by atoms with Crippen molar-refractivity contribution in [3.8, 4) is 0 Å². The summed E-state index contributed by atoms with van der Waals surface area (Å²) in [7, 11) is -3.87. The SMILES string of the molecule is CCNC(=O)NCCNS(=O)(=O)c1ccc(C)c([N+](=O)[O-])c1. The number of hydrogen-bond donors (Lipinski definition) is 3. The quantitative estimate of drug-likeness (QED) is 0.381. The number of nitro groups is 1. The van der Waals surface area contributed by atoms with Gasteiger partial charge in [0.25, 0.3) is 5.69 Å². The van der Waals surface area contributed by atoms with Crippen LogP contribution in [0.2, 0.25) is 0 Å². The molecular formula is C12H18N4O5S. The Hall–Kier alpha value is -2.20. The fraction of sp³-hybridized carbons (Fsp3) is 0.417. The van der Waals surface area contributed by atoms with Crippen molar-refractivity contribution >= 4 is 21.7 Å². The van der Waals surface area contributed by atoms with Crippen LogP contribution in [0, 0.1) is 17.0 Å². The van der Waals surface area contributed by atoms with Crippen molar-refractivity contribution in [2.24, 2.45) is 0 Å². The number of carbonyl (C=O) groups is 1. The van der Waals surface area contributed by atoms with Crippen molar-refractivity contribution in [3.63, 3.8) is 0 Å². The van der Waals surface area contributed by atoms with Gasteiger partial charge in [0.2, 0.25) is 10.0 Å². The predicted molar refractivity (Wildman–Crippen MR) is 80.1 cm³/mol. The van der Waals surface area contributed by atoms with Gasteiger partial charge in [-0.15, -0.1) is 0 Å². The molecule has 0 saturated heterocycles. The van der Waals surface area contributed by atoms with Gasteiger partial charge in [-0.25, -0.2) is 17.9 Å². The van der Waals surface area contributed by atoms with Crippen molar-refractivity contribution in [1.29, 1.82) is 0 Å². The molecule has 0 aliphatic heterocycles. The summed E-state index contributed by atoms with van der Waals surface area (Å²) < 4.78 is 26.3. The maximum atomic E-state index is 12.0. The molecular weight excluding hydrogens is 312 g/mol. The van der Waals surface area contributed by atoms with Gasteiger partial charge >= 0.3 is 6.03 Å². The third kappa shape index (κ3) is 4.97. The number of urea groups is 1. The molecule has 122 valence electrons. The molecule has 0 aliphatic rings. The average molecular weight is 330 g/mol. The molecule has 9 nitrogen and oxygen atoms in total. The zero-order valence-electron chi connectivity index (χ0n) is 12.3. The molecule has 0 aromatic heterocycles. The van der Waals surface area contributed by atoms with Crippen molar-refractivity contribution in [3.05, 3.63) is 33.9 Å². The lowest BCUT2D eigenvalue weighted by Gasteiger charge is -2.09.